The van der Waals surface area contributed by atoms with Crippen LogP contribution in [0.1, 0.15) is 15.9 Å². The Labute approximate surface area is 143 Å². The van der Waals surface area contributed by atoms with Crippen molar-refractivity contribution in [2.45, 2.75) is 6.92 Å². The molecule has 0 atom stereocenters. The molecule has 0 spiro atoms. The molecule has 0 aromatic heterocycles. The number of hydrogen-bond donors (Lipinski definition) is 1. The third-order valence-electron chi connectivity index (χ3n) is 3.17. The van der Waals surface area contributed by atoms with E-state index in [1.165, 1.54) is 4.90 Å². The van der Waals surface area contributed by atoms with Crippen molar-refractivity contribution in [2.24, 2.45) is 0 Å². The van der Waals surface area contributed by atoms with E-state index in [0.717, 1.165) is 14.8 Å². The highest BCUT2D eigenvalue weighted by Gasteiger charge is 2.16. The number of carbonyl (C=O) groups is 2. The summed E-state index contributed by atoms with van der Waals surface area (Å²) in [4.78, 5) is 25.8. The SMILES string of the molecule is Cc1ccc(NC(=O)CN(C)C(=O)c2ccccc2I)cc1. The van der Waals surface area contributed by atoms with Crippen LogP contribution in [0.3, 0.4) is 0 Å². The van der Waals surface area contributed by atoms with E-state index in [1.807, 2.05) is 49.4 Å². The second-order valence-electron chi connectivity index (χ2n) is 5.06. The molecule has 0 aliphatic heterocycles. The van der Waals surface area contributed by atoms with Gasteiger partial charge in [-0.1, -0.05) is 29.8 Å². The Morgan fingerprint density at radius 3 is 2.36 bits per heavy atom. The summed E-state index contributed by atoms with van der Waals surface area (Å²) in [5.74, 6) is -0.380. The monoisotopic (exact) mass is 408 g/mol. The van der Waals surface area contributed by atoms with Crippen LogP contribution in [0.5, 0.6) is 0 Å². The van der Waals surface area contributed by atoms with Crippen LogP contribution >= 0.6 is 22.6 Å². The first-order valence-electron chi connectivity index (χ1n) is 6.84. The smallest absolute Gasteiger partial charge is 0.255 e. The van der Waals surface area contributed by atoms with Crippen LogP contribution in [-0.2, 0) is 4.79 Å². The number of carbonyl (C=O) groups excluding carboxylic acids is 2. The van der Waals surface area contributed by atoms with E-state index in [4.69, 9.17) is 0 Å². The molecule has 0 saturated carbocycles. The number of likely N-dealkylation sites (N-methyl/N-ethyl adjacent to an activating group) is 1. The molecule has 2 aromatic carbocycles. The van der Waals surface area contributed by atoms with E-state index in [1.54, 1.807) is 13.1 Å². The van der Waals surface area contributed by atoms with Crippen molar-refractivity contribution < 1.29 is 9.59 Å². The number of rotatable bonds is 4. The molecular weight excluding hydrogens is 391 g/mol. The van der Waals surface area contributed by atoms with Gasteiger partial charge in [-0.2, -0.15) is 0 Å². The van der Waals surface area contributed by atoms with Gasteiger partial charge in [-0.05, 0) is 53.8 Å². The summed E-state index contributed by atoms with van der Waals surface area (Å²) in [5.41, 5.74) is 2.46. The maximum absolute atomic E-state index is 12.3. The lowest BCUT2D eigenvalue weighted by Gasteiger charge is -2.17. The molecule has 0 radical (unpaired) electrons. The van der Waals surface area contributed by atoms with Crippen LogP contribution in [0.15, 0.2) is 48.5 Å². The van der Waals surface area contributed by atoms with Gasteiger partial charge in [0, 0.05) is 16.3 Å². The van der Waals surface area contributed by atoms with Crippen molar-refractivity contribution in [3.63, 3.8) is 0 Å². The molecule has 0 fully saturated rings. The number of aryl methyl sites for hydroxylation is 1. The van der Waals surface area contributed by atoms with E-state index < -0.39 is 0 Å². The highest BCUT2D eigenvalue weighted by atomic mass is 127. The summed E-state index contributed by atoms with van der Waals surface area (Å²) in [6, 6.07) is 14.9. The minimum atomic E-state index is -0.217. The van der Waals surface area contributed by atoms with Crippen LogP contribution in [0.2, 0.25) is 0 Å². The van der Waals surface area contributed by atoms with Crippen LogP contribution in [-0.4, -0.2) is 30.3 Å². The maximum Gasteiger partial charge on any atom is 0.255 e. The van der Waals surface area contributed by atoms with E-state index in [-0.39, 0.29) is 18.4 Å². The summed E-state index contributed by atoms with van der Waals surface area (Å²) in [5, 5.41) is 2.79. The maximum atomic E-state index is 12.3. The Balaban J connectivity index is 1.97. The number of nitrogens with one attached hydrogen (secondary N) is 1. The standard InChI is InChI=1S/C17H17IN2O2/c1-12-7-9-13(10-8-12)19-16(21)11-20(2)17(22)14-5-3-4-6-15(14)18/h3-10H,11H2,1-2H3,(H,19,21). The Morgan fingerprint density at radius 1 is 1.09 bits per heavy atom. The molecule has 0 saturated heterocycles. The Morgan fingerprint density at radius 2 is 1.73 bits per heavy atom. The second kappa shape index (κ2) is 7.40. The van der Waals surface area contributed by atoms with Gasteiger partial charge < -0.3 is 10.2 Å². The van der Waals surface area contributed by atoms with Crippen molar-refractivity contribution in [1.29, 1.82) is 0 Å². The molecule has 2 amide bonds. The predicted molar refractivity (Wildman–Crippen MR) is 95.9 cm³/mol. The van der Waals surface area contributed by atoms with E-state index >= 15 is 0 Å². The predicted octanol–water partition coefficient (Wildman–Crippen LogP) is 3.31. The summed E-state index contributed by atoms with van der Waals surface area (Å²) in [6.45, 7) is 2.00. The van der Waals surface area contributed by atoms with Gasteiger partial charge in [0.2, 0.25) is 5.91 Å². The fourth-order valence-electron chi connectivity index (χ4n) is 1.96. The van der Waals surface area contributed by atoms with Crippen molar-refractivity contribution in [3.05, 3.63) is 63.2 Å². The van der Waals surface area contributed by atoms with Gasteiger partial charge in [-0.25, -0.2) is 0 Å². The van der Waals surface area contributed by atoms with E-state index in [2.05, 4.69) is 27.9 Å². The van der Waals surface area contributed by atoms with Gasteiger partial charge >= 0.3 is 0 Å². The third kappa shape index (κ3) is 4.30. The average molecular weight is 408 g/mol. The zero-order chi connectivity index (χ0) is 16.1. The van der Waals surface area contributed by atoms with Crippen LogP contribution < -0.4 is 5.32 Å². The first kappa shape index (κ1) is 16.5. The molecular formula is C17H17IN2O2. The zero-order valence-electron chi connectivity index (χ0n) is 12.5. The minimum absolute atomic E-state index is 0.0116. The average Bonchev–Trinajstić information content (AvgIpc) is 2.49. The first-order valence-corrected chi connectivity index (χ1v) is 7.92. The van der Waals surface area contributed by atoms with Crippen LogP contribution in [0.4, 0.5) is 5.69 Å². The molecule has 0 aliphatic rings. The van der Waals surface area contributed by atoms with Crippen molar-refractivity contribution in [1.82, 2.24) is 4.90 Å². The highest BCUT2D eigenvalue weighted by molar-refractivity contribution is 14.1. The lowest BCUT2D eigenvalue weighted by molar-refractivity contribution is -0.116. The van der Waals surface area contributed by atoms with Gasteiger partial charge in [-0.15, -0.1) is 0 Å². The van der Waals surface area contributed by atoms with E-state index in [0.29, 0.717) is 5.56 Å². The quantitative estimate of drug-likeness (QED) is 0.790. The number of halogens is 1. The number of nitrogens with zero attached hydrogens (tertiary/aromatic N) is 1. The number of hydrogen-bond acceptors (Lipinski definition) is 2. The summed E-state index contributed by atoms with van der Waals surface area (Å²) >= 11 is 2.12. The lowest BCUT2D eigenvalue weighted by Crippen LogP contribution is -2.35. The van der Waals surface area contributed by atoms with Gasteiger partial charge in [0.05, 0.1) is 12.1 Å². The van der Waals surface area contributed by atoms with Crippen LogP contribution in [0.25, 0.3) is 0 Å². The molecule has 114 valence electrons. The third-order valence-corrected chi connectivity index (χ3v) is 4.11. The molecule has 1 N–H and O–H groups in total. The zero-order valence-corrected chi connectivity index (χ0v) is 14.6. The summed E-state index contributed by atoms with van der Waals surface area (Å²) in [7, 11) is 1.63. The van der Waals surface area contributed by atoms with Gasteiger partial charge in [0.15, 0.2) is 0 Å². The molecule has 22 heavy (non-hydrogen) atoms. The van der Waals surface area contributed by atoms with Gasteiger partial charge in [0.1, 0.15) is 0 Å². The van der Waals surface area contributed by atoms with Crippen molar-refractivity contribution in [3.8, 4) is 0 Å². The van der Waals surface area contributed by atoms with Gasteiger partial charge in [0.25, 0.3) is 5.91 Å². The number of anilines is 1. The highest BCUT2D eigenvalue weighted by Crippen LogP contribution is 2.13. The minimum Gasteiger partial charge on any atom is -0.332 e. The fourth-order valence-corrected chi connectivity index (χ4v) is 2.58. The molecule has 0 unspecified atom stereocenters. The summed E-state index contributed by atoms with van der Waals surface area (Å²) < 4.78 is 0.871. The molecule has 4 nitrogen and oxygen atoms in total. The van der Waals surface area contributed by atoms with Crippen molar-refractivity contribution in [2.75, 3.05) is 18.9 Å². The summed E-state index contributed by atoms with van der Waals surface area (Å²) in [6.07, 6.45) is 0. The lowest BCUT2D eigenvalue weighted by atomic mass is 10.2. The number of benzene rings is 2. The second-order valence-corrected chi connectivity index (χ2v) is 6.22. The van der Waals surface area contributed by atoms with Crippen LogP contribution in [0, 0.1) is 10.5 Å². The molecule has 5 heteroatoms. The molecule has 0 heterocycles. The Bertz CT molecular complexity index is 683. The first-order chi connectivity index (χ1) is 10.5. The molecule has 2 rings (SSSR count). The largest absolute Gasteiger partial charge is 0.332 e. The molecule has 2 aromatic rings. The van der Waals surface area contributed by atoms with Crippen molar-refractivity contribution >= 4 is 40.1 Å². The Hall–Kier alpha value is -1.89. The topological polar surface area (TPSA) is 49.4 Å². The Kier molecular flexibility index (Phi) is 5.54. The van der Waals surface area contributed by atoms with Gasteiger partial charge in [-0.3, -0.25) is 9.59 Å². The van der Waals surface area contributed by atoms with E-state index in [9.17, 15) is 9.59 Å². The fraction of sp³-hybridized carbons (Fsp3) is 0.176. The molecule has 0 aliphatic carbocycles. The molecule has 0 bridgehead atoms. The number of amides is 2. The normalized spacial score (nSPS) is 10.1.